The summed E-state index contributed by atoms with van der Waals surface area (Å²) in [6.07, 6.45) is 4.51. The number of carbonyl (C=O) groups excluding carboxylic acids is 2. The number of halogens is 4. The highest BCUT2D eigenvalue weighted by Crippen LogP contribution is 2.45. The van der Waals surface area contributed by atoms with E-state index in [-0.39, 0.29) is 86.3 Å². The maximum Gasteiger partial charge on any atom is 0.276 e. The fraction of sp³-hybridized carbons (Fsp3) is 0.655. The number of rotatable bonds is 10. The van der Waals surface area contributed by atoms with Gasteiger partial charge in [-0.15, -0.1) is 0 Å². The molecule has 3 aromatic heterocycles. The normalized spacial score (nSPS) is 21.8. The van der Waals surface area contributed by atoms with Crippen LogP contribution in [0.15, 0.2) is 23.1 Å². The molecule has 3 fully saturated rings. The second-order valence-electron chi connectivity index (χ2n) is 12.8. The van der Waals surface area contributed by atoms with Gasteiger partial charge in [-0.2, -0.15) is 5.10 Å². The van der Waals surface area contributed by atoms with Gasteiger partial charge in [0.2, 0.25) is 17.8 Å². The molecule has 3 aromatic rings. The number of carbonyl (C=O) groups is 2. The predicted molar refractivity (Wildman–Crippen MR) is 144 cm³/mol. The summed E-state index contributed by atoms with van der Waals surface area (Å²) in [5, 5.41) is 18.1. The van der Waals surface area contributed by atoms with E-state index in [0.717, 1.165) is 18.4 Å². The molecule has 0 spiro atoms. The van der Waals surface area contributed by atoms with Crippen molar-refractivity contribution >= 4 is 17.5 Å². The summed E-state index contributed by atoms with van der Waals surface area (Å²) in [6.45, 7) is 3.71. The average Bonchev–Trinajstić information content (AvgIpc) is 3.47. The molecule has 10 nitrogen and oxygen atoms in total. The molecule has 0 unspecified atom stereocenters. The lowest BCUT2D eigenvalue weighted by atomic mass is 9.79. The number of imidazole rings is 1. The van der Waals surface area contributed by atoms with Crippen LogP contribution in [0.25, 0.3) is 5.65 Å². The van der Waals surface area contributed by atoms with Crippen LogP contribution < -0.4 is 10.6 Å². The number of amides is 2. The van der Waals surface area contributed by atoms with E-state index in [2.05, 4.69) is 26.0 Å². The molecular weight excluding hydrogens is 570 g/mol. The van der Waals surface area contributed by atoms with Crippen molar-refractivity contribution in [1.82, 2.24) is 35.5 Å². The van der Waals surface area contributed by atoms with Gasteiger partial charge in [0.25, 0.3) is 5.91 Å². The number of nitrogens with zero attached hydrogens (tertiary/aromatic N) is 5. The molecule has 2 N–H and O–H groups in total. The molecule has 0 aliphatic heterocycles. The lowest BCUT2D eigenvalue weighted by molar-refractivity contribution is -0.134. The van der Waals surface area contributed by atoms with Gasteiger partial charge in [0.1, 0.15) is 5.69 Å². The standard InChI is InChI=1S/C29H35F4N7O3/c1-15(2)23-26(39-43-38-23)27(42)37-25(18-5-7-28(30,31)8-6-18)20-14-40-21(35-20)10-19(13-34-40)24(17-3-4-17)36-22(41)9-16-11-29(32,33)12-16/h10,13-18,24-25H,3-9,11-12H2,1-2H3,(H,36,41)(H,37,42)/t24-,25+/m1/s1. The molecule has 2 atom stereocenters. The van der Waals surface area contributed by atoms with Crippen molar-refractivity contribution in [3.8, 4) is 0 Å². The number of fused-ring (bicyclic) bond motifs is 1. The van der Waals surface area contributed by atoms with Gasteiger partial charge in [0, 0.05) is 38.0 Å². The Bertz CT molecular complexity index is 1480. The molecule has 0 aromatic carbocycles. The summed E-state index contributed by atoms with van der Waals surface area (Å²) in [6, 6.07) is 0.796. The first kappa shape index (κ1) is 29.5. The lowest BCUT2D eigenvalue weighted by Crippen LogP contribution is -2.39. The first-order valence-corrected chi connectivity index (χ1v) is 14.9. The monoisotopic (exact) mass is 605 g/mol. The molecule has 3 aliphatic rings. The zero-order chi connectivity index (χ0) is 30.5. The van der Waals surface area contributed by atoms with Crippen LogP contribution in [0, 0.1) is 17.8 Å². The molecular formula is C29H35F4N7O3. The van der Waals surface area contributed by atoms with Gasteiger partial charge in [-0.1, -0.05) is 19.0 Å². The third kappa shape index (κ3) is 6.52. The quantitative estimate of drug-likeness (QED) is 0.291. The molecule has 3 heterocycles. The Labute approximate surface area is 245 Å². The van der Waals surface area contributed by atoms with E-state index in [4.69, 9.17) is 9.61 Å². The number of hydrogen-bond acceptors (Lipinski definition) is 7. The van der Waals surface area contributed by atoms with Crippen LogP contribution in [0.2, 0.25) is 0 Å². The van der Waals surface area contributed by atoms with E-state index in [1.54, 1.807) is 16.9 Å². The van der Waals surface area contributed by atoms with Crippen molar-refractivity contribution in [2.24, 2.45) is 17.8 Å². The Morgan fingerprint density at radius 2 is 1.70 bits per heavy atom. The zero-order valence-electron chi connectivity index (χ0n) is 24.0. The molecule has 3 aliphatic carbocycles. The number of hydrogen-bond donors (Lipinski definition) is 2. The van der Waals surface area contributed by atoms with Gasteiger partial charge < -0.3 is 10.6 Å². The van der Waals surface area contributed by atoms with E-state index in [0.29, 0.717) is 17.0 Å². The van der Waals surface area contributed by atoms with Gasteiger partial charge in [-0.3, -0.25) is 9.59 Å². The summed E-state index contributed by atoms with van der Waals surface area (Å²) in [5.41, 5.74) is 2.12. The number of nitrogens with one attached hydrogen (secondary N) is 2. The minimum atomic E-state index is -2.75. The molecule has 2 amide bonds. The fourth-order valence-corrected chi connectivity index (χ4v) is 6.33. The molecule has 0 radical (unpaired) electrons. The van der Waals surface area contributed by atoms with E-state index in [1.807, 2.05) is 19.9 Å². The third-order valence-corrected chi connectivity index (χ3v) is 8.89. The average molecular weight is 606 g/mol. The lowest BCUT2D eigenvalue weighted by Gasteiger charge is -2.34. The highest BCUT2D eigenvalue weighted by molar-refractivity contribution is 5.93. The Hall–Kier alpha value is -3.58. The van der Waals surface area contributed by atoms with E-state index in [1.165, 1.54) is 0 Å². The highest BCUT2D eigenvalue weighted by atomic mass is 19.3. The highest BCUT2D eigenvalue weighted by Gasteiger charge is 2.46. The molecule has 3 saturated carbocycles. The van der Waals surface area contributed by atoms with Crippen molar-refractivity contribution < 1.29 is 31.8 Å². The Kier molecular flexibility index (Phi) is 7.66. The minimum absolute atomic E-state index is 0.0407. The summed E-state index contributed by atoms with van der Waals surface area (Å²) in [7, 11) is 0. The van der Waals surface area contributed by atoms with Crippen molar-refractivity contribution in [1.29, 1.82) is 0 Å². The first-order valence-electron chi connectivity index (χ1n) is 14.9. The Morgan fingerprint density at radius 3 is 2.35 bits per heavy atom. The summed E-state index contributed by atoms with van der Waals surface area (Å²) >= 11 is 0. The van der Waals surface area contributed by atoms with E-state index < -0.39 is 23.8 Å². The molecule has 14 heteroatoms. The minimum Gasteiger partial charge on any atom is -0.349 e. The molecule has 43 heavy (non-hydrogen) atoms. The van der Waals surface area contributed by atoms with Crippen molar-refractivity contribution in [3.63, 3.8) is 0 Å². The van der Waals surface area contributed by atoms with Crippen LogP contribution in [-0.4, -0.2) is 48.6 Å². The van der Waals surface area contributed by atoms with E-state index >= 15 is 0 Å². The van der Waals surface area contributed by atoms with Crippen molar-refractivity contribution in [2.45, 2.75) is 101 Å². The van der Waals surface area contributed by atoms with Gasteiger partial charge in [-0.05, 0) is 60.2 Å². The third-order valence-electron chi connectivity index (χ3n) is 8.89. The maximum absolute atomic E-state index is 14.0. The van der Waals surface area contributed by atoms with Crippen LogP contribution in [-0.2, 0) is 4.79 Å². The summed E-state index contributed by atoms with van der Waals surface area (Å²) < 4.78 is 60.9. The van der Waals surface area contributed by atoms with Crippen LogP contribution in [0.1, 0.15) is 117 Å². The number of aromatic nitrogens is 5. The van der Waals surface area contributed by atoms with Gasteiger partial charge in [-0.25, -0.2) is 31.7 Å². The second kappa shape index (κ2) is 11.2. The largest absolute Gasteiger partial charge is 0.349 e. The summed E-state index contributed by atoms with van der Waals surface area (Å²) in [4.78, 5) is 30.8. The Balaban J connectivity index is 1.24. The topological polar surface area (TPSA) is 127 Å². The van der Waals surface area contributed by atoms with E-state index in [9.17, 15) is 27.2 Å². The predicted octanol–water partition coefficient (Wildman–Crippen LogP) is 5.54. The Morgan fingerprint density at radius 1 is 1.00 bits per heavy atom. The van der Waals surface area contributed by atoms with Gasteiger partial charge in [0.05, 0.1) is 30.2 Å². The molecule has 232 valence electrons. The van der Waals surface area contributed by atoms with Crippen molar-refractivity contribution in [2.75, 3.05) is 0 Å². The maximum atomic E-state index is 14.0. The van der Waals surface area contributed by atoms with Crippen LogP contribution in [0.5, 0.6) is 0 Å². The van der Waals surface area contributed by atoms with Gasteiger partial charge in [0.15, 0.2) is 11.3 Å². The molecule has 0 bridgehead atoms. The van der Waals surface area contributed by atoms with Crippen LogP contribution >= 0.6 is 0 Å². The summed E-state index contributed by atoms with van der Waals surface area (Å²) in [5.74, 6) is -6.73. The van der Waals surface area contributed by atoms with Crippen molar-refractivity contribution in [3.05, 3.63) is 41.1 Å². The molecule has 6 rings (SSSR count). The second-order valence-corrected chi connectivity index (χ2v) is 12.8. The fourth-order valence-electron chi connectivity index (χ4n) is 6.33. The molecule has 0 saturated heterocycles. The SMILES string of the molecule is CC(C)c1nonc1C(=O)N[C@H](c1cn2ncc([C@H](NC(=O)CC3CC(F)(F)C3)C3CC3)cc2n1)C1CCC(F)(F)CC1. The first-order chi connectivity index (χ1) is 20.4. The van der Waals surface area contributed by atoms with Crippen LogP contribution in [0.4, 0.5) is 17.6 Å². The zero-order valence-corrected chi connectivity index (χ0v) is 24.0. The van der Waals surface area contributed by atoms with Gasteiger partial charge >= 0.3 is 0 Å². The number of alkyl halides is 4. The smallest absolute Gasteiger partial charge is 0.276 e. The van der Waals surface area contributed by atoms with Crippen LogP contribution in [0.3, 0.4) is 0 Å².